The Labute approximate surface area is 132 Å². The molecule has 0 aliphatic rings. The number of halogens is 1. The van der Waals surface area contributed by atoms with Crippen molar-refractivity contribution in [2.75, 3.05) is 14.2 Å². The second kappa shape index (κ2) is 6.91. The van der Waals surface area contributed by atoms with Gasteiger partial charge in [0.1, 0.15) is 0 Å². The molecule has 2 rings (SSSR count). The number of hydrogen-bond donors (Lipinski definition) is 0. The van der Waals surface area contributed by atoms with Crippen LogP contribution in [-0.4, -0.2) is 25.4 Å². The average molecular weight is 321 g/mol. The molecule has 6 nitrogen and oxygen atoms in total. The summed E-state index contributed by atoms with van der Waals surface area (Å²) in [5.41, 5.74) is 0.780. The Morgan fingerprint density at radius 3 is 2.45 bits per heavy atom. The predicted octanol–water partition coefficient (Wildman–Crippen LogP) is 4.02. The van der Waals surface area contributed by atoms with Gasteiger partial charge >= 0.3 is 0 Å². The third-order valence-electron chi connectivity index (χ3n) is 2.89. The van der Waals surface area contributed by atoms with Crippen molar-refractivity contribution in [3.8, 4) is 11.5 Å². The summed E-state index contributed by atoms with van der Waals surface area (Å²) in [6.45, 7) is 0. The third-order valence-corrected chi connectivity index (χ3v) is 3.13. The van der Waals surface area contributed by atoms with E-state index in [2.05, 4.69) is 4.99 Å². The van der Waals surface area contributed by atoms with Crippen LogP contribution in [0.15, 0.2) is 41.4 Å². The maximum Gasteiger partial charge on any atom is 0.282 e. The van der Waals surface area contributed by atoms with E-state index < -0.39 is 4.92 Å². The molecule has 0 amide bonds. The smallest absolute Gasteiger partial charge is 0.282 e. The van der Waals surface area contributed by atoms with Gasteiger partial charge < -0.3 is 9.47 Å². The van der Waals surface area contributed by atoms with Crippen LogP contribution in [0, 0.1) is 10.1 Å². The molecule has 0 radical (unpaired) electrons. The number of aliphatic imine (C=N–C) groups is 1. The molecule has 0 aliphatic heterocycles. The zero-order chi connectivity index (χ0) is 16.1. The lowest BCUT2D eigenvalue weighted by atomic mass is 10.1. The van der Waals surface area contributed by atoms with Gasteiger partial charge in [0.05, 0.1) is 36.5 Å². The summed E-state index contributed by atoms with van der Waals surface area (Å²) >= 11 is 5.88. The van der Waals surface area contributed by atoms with E-state index in [0.717, 1.165) is 0 Å². The largest absolute Gasteiger partial charge is 0.493 e. The van der Waals surface area contributed by atoms with Crippen LogP contribution in [0.25, 0.3) is 0 Å². The Morgan fingerprint density at radius 1 is 1.18 bits per heavy atom. The summed E-state index contributed by atoms with van der Waals surface area (Å²) in [6, 6.07) is 9.68. The van der Waals surface area contributed by atoms with Gasteiger partial charge in [0.15, 0.2) is 11.5 Å². The first-order chi connectivity index (χ1) is 10.5. The highest BCUT2D eigenvalue weighted by atomic mass is 35.5. The van der Waals surface area contributed by atoms with Gasteiger partial charge in [-0.2, -0.15) is 0 Å². The third kappa shape index (κ3) is 3.53. The van der Waals surface area contributed by atoms with Gasteiger partial charge in [0.2, 0.25) is 0 Å². The van der Waals surface area contributed by atoms with Crippen molar-refractivity contribution in [3.05, 3.63) is 57.1 Å². The zero-order valence-corrected chi connectivity index (χ0v) is 12.7. The van der Waals surface area contributed by atoms with Crippen LogP contribution >= 0.6 is 11.6 Å². The lowest BCUT2D eigenvalue weighted by Crippen LogP contribution is -1.98. The molecule has 2 aromatic carbocycles. The average Bonchev–Trinajstić information content (AvgIpc) is 2.51. The number of nitro benzene ring substituents is 1. The first-order valence-corrected chi connectivity index (χ1v) is 6.63. The van der Waals surface area contributed by atoms with Crippen LogP contribution in [0.5, 0.6) is 11.5 Å². The van der Waals surface area contributed by atoms with E-state index in [1.165, 1.54) is 32.6 Å². The summed E-state index contributed by atoms with van der Waals surface area (Å²) in [7, 11) is 2.88. The van der Waals surface area contributed by atoms with E-state index in [4.69, 9.17) is 21.1 Å². The Balaban J connectivity index is 2.46. The normalized spacial score (nSPS) is 10.7. The van der Waals surface area contributed by atoms with Crippen LogP contribution in [0.2, 0.25) is 5.02 Å². The minimum Gasteiger partial charge on any atom is -0.493 e. The second-order valence-electron chi connectivity index (χ2n) is 4.26. The first-order valence-electron chi connectivity index (χ1n) is 6.25. The summed E-state index contributed by atoms with van der Waals surface area (Å²) in [5.74, 6) is 0.676. The molecule has 0 aliphatic carbocycles. The molecular formula is C15H13ClN2O4. The van der Waals surface area contributed by atoms with Crippen LogP contribution in [0.1, 0.15) is 5.56 Å². The Bertz CT molecular complexity index is 731. The van der Waals surface area contributed by atoms with E-state index in [9.17, 15) is 10.1 Å². The van der Waals surface area contributed by atoms with Crippen molar-refractivity contribution in [1.82, 2.24) is 0 Å². The number of rotatable bonds is 5. The lowest BCUT2D eigenvalue weighted by Gasteiger charge is -2.08. The number of hydrogen-bond acceptors (Lipinski definition) is 5. The standard InChI is InChI=1S/C15H13ClN2O4/c1-21-14-6-10(13(18(19)20)8-15(14)22-2)9-17-12-5-3-4-11(16)7-12/h3-9H,1-2H3. The van der Waals surface area contributed by atoms with Crippen molar-refractivity contribution in [2.24, 2.45) is 4.99 Å². The van der Waals surface area contributed by atoms with Gasteiger partial charge in [-0.1, -0.05) is 17.7 Å². The van der Waals surface area contributed by atoms with Crippen LogP contribution in [0.4, 0.5) is 11.4 Å². The molecule has 0 heterocycles. The second-order valence-corrected chi connectivity index (χ2v) is 4.70. The molecule has 0 saturated carbocycles. The van der Waals surface area contributed by atoms with Crippen molar-refractivity contribution in [1.29, 1.82) is 0 Å². The number of ether oxygens (including phenoxy) is 2. The van der Waals surface area contributed by atoms with E-state index in [0.29, 0.717) is 22.0 Å². The van der Waals surface area contributed by atoms with Gasteiger partial charge in [-0.05, 0) is 24.3 Å². The molecule has 0 aromatic heterocycles. The Kier molecular flexibility index (Phi) is 4.95. The van der Waals surface area contributed by atoms with E-state index in [1.54, 1.807) is 24.3 Å². The molecule has 0 atom stereocenters. The predicted molar refractivity (Wildman–Crippen MR) is 84.9 cm³/mol. The molecule has 22 heavy (non-hydrogen) atoms. The van der Waals surface area contributed by atoms with Crippen LogP contribution in [0.3, 0.4) is 0 Å². The van der Waals surface area contributed by atoms with Gasteiger partial charge in [-0.15, -0.1) is 0 Å². The molecule has 114 valence electrons. The SMILES string of the molecule is COc1cc(C=Nc2cccc(Cl)c2)c([N+](=O)[O-])cc1OC. The highest BCUT2D eigenvalue weighted by Gasteiger charge is 2.18. The molecule has 0 unspecified atom stereocenters. The van der Waals surface area contributed by atoms with Crippen LogP contribution < -0.4 is 9.47 Å². The topological polar surface area (TPSA) is 74.0 Å². The molecule has 0 saturated heterocycles. The highest BCUT2D eigenvalue weighted by molar-refractivity contribution is 6.30. The number of nitrogens with zero attached hydrogens (tertiary/aromatic N) is 2. The Hall–Kier alpha value is -2.60. The molecule has 0 fully saturated rings. The van der Waals surface area contributed by atoms with Crippen molar-refractivity contribution in [2.45, 2.75) is 0 Å². The van der Waals surface area contributed by atoms with Gasteiger partial charge in [-0.25, -0.2) is 0 Å². The van der Waals surface area contributed by atoms with Gasteiger partial charge in [0, 0.05) is 11.2 Å². The summed E-state index contributed by atoms with van der Waals surface area (Å²) in [5, 5.41) is 11.7. The molecular weight excluding hydrogens is 308 g/mol. The molecule has 7 heteroatoms. The fraction of sp³-hybridized carbons (Fsp3) is 0.133. The highest BCUT2D eigenvalue weighted by Crippen LogP contribution is 2.34. The molecule has 0 spiro atoms. The first kappa shape index (κ1) is 15.8. The van der Waals surface area contributed by atoms with E-state index in [-0.39, 0.29) is 11.4 Å². The number of methoxy groups -OCH3 is 2. The van der Waals surface area contributed by atoms with Crippen molar-refractivity contribution in [3.63, 3.8) is 0 Å². The van der Waals surface area contributed by atoms with Gasteiger partial charge in [-0.3, -0.25) is 15.1 Å². The van der Waals surface area contributed by atoms with Crippen molar-refractivity contribution >= 4 is 29.2 Å². The quantitative estimate of drug-likeness (QED) is 0.474. The molecule has 2 aromatic rings. The minimum atomic E-state index is -0.499. The summed E-state index contributed by atoms with van der Waals surface area (Å²) in [4.78, 5) is 14.9. The lowest BCUT2D eigenvalue weighted by molar-refractivity contribution is -0.385. The monoisotopic (exact) mass is 320 g/mol. The van der Waals surface area contributed by atoms with Crippen LogP contribution in [-0.2, 0) is 0 Å². The minimum absolute atomic E-state index is 0.122. The molecule has 0 N–H and O–H groups in total. The number of nitro groups is 1. The summed E-state index contributed by atoms with van der Waals surface area (Å²) in [6.07, 6.45) is 1.39. The Morgan fingerprint density at radius 2 is 1.86 bits per heavy atom. The fourth-order valence-corrected chi connectivity index (χ4v) is 2.03. The van der Waals surface area contributed by atoms with E-state index >= 15 is 0 Å². The van der Waals surface area contributed by atoms with E-state index in [1.807, 2.05) is 0 Å². The fourth-order valence-electron chi connectivity index (χ4n) is 1.85. The molecule has 0 bridgehead atoms. The zero-order valence-electron chi connectivity index (χ0n) is 11.9. The van der Waals surface area contributed by atoms with Gasteiger partial charge in [0.25, 0.3) is 5.69 Å². The van der Waals surface area contributed by atoms with Crippen molar-refractivity contribution < 1.29 is 14.4 Å². The maximum atomic E-state index is 11.2. The summed E-state index contributed by atoms with van der Waals surface area (Å²) < 4.78 is 10.2. The maximum absolute atomic E-state index is 11.2. The number of benzene rings is 2.